The third-order valence-electron chi connectivity index (χ3n) is 2.46. The van der Waals surface area contributed by atoms with Gasteiger partial charge in [0, 0.05) is 15.4 Å². The van der Waals surface area contributed by atoms with Crippen LogP contribution in [0.4, 0.5) is 0 Å². The second-order valence-electron chi connectivity index (χ2n) is 3.59. The van der Waals surface area contributed by atoms with E-state index in [4.69, 9.17) is 0 Å². The summed E-state index contributed by atoms with van der Waals surface area (Å²) in [5, 5.41) is 11.0. The number of halogens is 2. The summed E-state index contributed by atoms with van der Waals surface area (Å²) < 4.78 is 1.83. The van der Waals surface area contributed by atoms with Crippen LogP contribution < -0.4 is 0 Å². The van der Waals surface area contributed by atoms with E-state index >= 15 is 0 Å². The number of benzene rings is 1. The van der Waals surface area contributed by atoms with Crippen LogP contribution in [0.1, 0.15) is 21.8 Å². The molecule has 90 valence electrons. The van der Waals surface area contributed by atoms with Gasteiger partial charge in [-0.3, -0.25) is 4.79 Å². The van der Waals surface area contributed by atoms with Gasteiger partial charge in [-0.05, 0) is 40.3 Å². The molecule has 5 heteroatoms. The maximum Gasteiger partial charge on any atom is 0.185 e. The summed E-state index contributed by atoms with van der Waals surface area (Å²) in [7, 11) is 0. The molecule has 0 spiro atoms. The van der Waals surface area contributed by atoms with Gasteiger partial charge in [0.1, 0.15) is 5.92 Å². The molecule has 18 heavy (non-hydrogen) atoms. The van der Waals surface area contributed by atoms with Crippen LogP contribution in [0.25, 0.3) is 0 Å². The molecule has 0 radical (unpaired) electrons. The van der Waals surface area contributed by atoms with Crippen LogP contribution in [0.2, 0.25) is 0 Å². The van der Waals surface area contributed by atoms with Crippen molar-refractivity contribution in [3.05, 3.63) is 54.2 Å². The van der Waals surface area contributed by atoms with E-state index in [1.54, 1.807) is 11.4 Å². The van der Waals surface area contributed by atoms with Gasteiger partial charge in [-0.2, -0.15) is 5.26 Å². The maximum atomic E-state index is 12.3. The normalized spacial score (nSPS) is 11.8. The summed E-state index contributed by atoms with van der Waals surface area (Å²) in [6.07, 6.45) is 0. The number of carbonyl (C=O) groups excluding carboxylic acids is 1. The molecule has 1 atom stereocenters. The Morgan fingerprint density at radius 1 is 1.44 bits per heavy atom. The lowest BCUT2D eigenvalue weighted by Crippen LogP contribution is -2.11. The van der Waals surface area contributed by atoms with Crippen molar-refractivity contribution in [2.24, 2.45) is 0 Å². The molecule has 0 bridgehead atoms. The van der Waals surface area contributed by atoms with Crippen LogP contribution in [0.15, 0.2) is 40.2 Å². The lowest BCUT2D eigenvalue weighted by Gasteiger charge is -2.09. The van der Waals surface area contributed by atoms with Crippen molar-refractivity contribution in [2.75, 3.05) is 0 Å². The zero-order chi connectivity index (χ0) is 13.1. The van der Waals surface area contributed by atoms with E-state index < -0.39 is 5.92 Å². The lowest BCUT2D eigenvalue weighted by molar-refractivity contribution is 0.0979. The Labute approximate surface area is 131 Å². The fourth-order valence-corrected chi connectivity index (χ4v) is 3.43. The number of hydrogen-bond acceptors (Lipinski definition) is 3. The van der Waals surface area contributed by atoms with Crippen molar-refractivity contribution in [2.45, 2.75) is 5.92 Å². The monoisotopic (exact) mass is 431 g/mol. The molecule has 2 aromatic rings. The Bertz CT molecular complexity index is 632. The molecule has 0 aliphatic heterocycles. The van der Waals surface area contributed by atoms with E-state index in [1.807, 2.05) is 24.3 Å². The van der Waals surface area contributed by atoms with E-state index in [0.717, 1.165) is 7.36 Å². The first-order valence-corrected chi connectivity index (χ1v) is 7.81. The lowest BCUT2D eigenvalue weighted by atomic mass is 9.93. The van der Waals surface area contributed by atoms with Crippen LogP contribution in [-0.2, 0) is 0 Å². The Morgan fingerprint density at radius 3 is 2.72 bits per heavy atom. The Hall–Kier alpha value is -0.710. The average molecular weight is 432 g/mol. The van der Waals surface area contributed by atoms with Crippen LogP contribution in [0.3, 0.4) is 0 Å². The Morgan fingerprint density at radius 2 is 2.17 bits per heavy atom. The zero-order valence-corrected chi connectivity index (χ0v) is 13.6. The quantitative estimate of drug-likeness (QED) is 0.526. The highest BCUT2D eigenvalue weighted by Crippen LogP contribution is 2.29. The van der Waals surface area contributed by atoms with Gasteiger partial charge in [-0.25, -0.2) is 0 Å². The van der Waals surface area contributed by atoms with Gasteiger partial charge in [0.2, 0.25) is 0 Å². The summed E-state index contributed by atoms with van der Waals surface area (Å²) in [6, 6.07) is 11.2. The van der Waals surface area contributed by atoms with Crippen LogP contribution in [0.5, 0.6) is 0 Å². The van der Waals surface area contributed by atoms with Gasteiger partial charge < -0.3 is 0 Å². The minimum Gasteiger partial charge on any atom is -0.292 e. The maximum absolute atomic E-state index is 12.3. The fraction of sp³-hybridized carbons (Fsp3) is 0.0769. The van der Waals surface area contributed by atoms with E-state index in [2.05, 4.69) is 44.6 Å². The third kappa shape index (κ3) is 2.82. The van der Waals surface area contributed by atoms with E-state index in [-0.39, 0.29) is 5.78 Å². The second-order valence-corrected chi connectivity index (χ2v) is 7.25. The van der Waals surface area contributed by atoms with Gasteiger partial charge in [0.15, 0.2) is 5.78 Å². The van der Waals surface area contributed by atoms with Gasteiger partial charge in [-0.15, -0.1) is 11.3 Å². The SMILES string of the molecule is N#CC(C(=O)c1csc(I)c1)c1ccccc1Br. The number of nitriles is 1. The summed E-state index contributed by atoms with van der Waals surface area (Å²) in [6.45, 7) is 0. The molecular formula is C13H7BrINOS. The summed E-state index contributed by atoms with van der Waals surface area (Å²) in [5.74, 6) is -0.908. The van der Waals surface area contributed by atoms with E-state index in [1.165, 1.54) is 11.3 Å². The predicted octanol–water partition coefficient (Wildman–Crippen LogP) is 4.61. The van der Waals surface area contributed by atoms with Gasteiger partial charge in [-0.1, -0.05) is 34.1 Å². The summed E-state index contributed by atoms with van der Waals surface area (Å²) in [4.78, 5) is 12.3. The van der Waals surface area contributed by atoms with E-state index in [9.17, 15) is 10.1 Å². The first kappa shape index (κ1) is 13.7. The molecule has 1 heterocycles. The van der Waals surface area contributed by atoms with Crippen LogP contribution in [-0.4, -0.2) is 5.78 Å². The van der Waals surface area contributed by atoms with Crippen molar-refractivity contribution in [1.82, 2.24) is 0 Å². The highest BCUT2D eigenvalue weighted by Gasteiger charge is 2.24. The number of hydrogen-bond donors (Lipinski definition) is 0. The zero-order valence-electron chi connectivity index (χ0n) is 9.06. The molecule has 0 fully saturated rings. The Kier molecular flexibility index (Phi) is 4.54. The molecule has 1 unspecified atom stereocenters. The standard InChI is InChI=1S/C13H7BrINOS/c14-11-4-2-1-3-9(11)10(6-16)13(17)8-5-12(15)18-7-8/h1-5,7,10H. The number of Topliss-reactive ketones (excluding diaryl/α,β-unsaturated/α-hetero) is 1. The molecule has 2 nitrogen and oxygen atoms in total. The molecule has 0 aliphatic carbocycles. The number of rotatable bonds is 3. The number of carbonyl (C=O) groups is 1. The molecule has 1 aromatic carbocycles. The molecule has 0 aliphatic rings. The minimum absolute atomic E-state index is 0.149. The molecule has 0 amide bonds. The van der Waals surface area contributed by atoms with E-state index in [0.29, 0.717) is 11.1 Å². The van der Waals surface area contributed by atoms with Crippen LogP contribution >= 0.6 is 49.9 Å². The number of ketones is 1. The minimum atomic E-state index is -0.758. The third-order valence-corrected chi connectivity index (χ3v) is 4.97. The highest BCUT2D eigenvalue weighted by atomic mass is 127. The van der Waals surface area contributed by atoms with Crippen LogP contribution in [0, 0.1) is 14.2 Å². The van der Waals surface area contributed by atoms with Crippen molar-refractivity contribution in [3.63, 3.8) is 0 Å². The molecule has 0 saturated carbocycles. The van der Waals surface area contributed by atoms with Gasteiger partial charge >= 0.3 is 0 Å². The first-order valence-electron chi connectivity index (χ1n) is 5.05. The van der Waals surface area contributed by atoms with Crippen molar-refractivity contribution in [1.29, 1.82) is 5.26 Å². The van der Waals surface area contributed by atoms with Crippen molar-refractivity contribution < 1.29 is 4.79 Å². The number of thiophene rings is 1. The van der Waals surface area contributed by atoms with Crippen molar-refractivity contribution in [3.8, 4) is 6.07 Å². The summed E-state index contributed by atoms with van der Waals surface area (Å²) >= 11 is 7.05. The first-order chi connectivity index (χ1) is 8.63. The molecule has 2 rings (SSSR count). The molecule has 1 aromatic heterocycles. The second kappa shape index (κ2) is 5.95. The van der Waals surface area contributed by atoms with Gasteiger partial charge in [0.25, 0.3) is 0 Å². The average Bonchev–Trinajstić information content (AvgIpc) is 2.79. The fourth-order valence-electron chi connectivity index (χ4n) is 1.58. The Balaban J connectivity index is 2.39. The van der Waals surface area contributed by atoms with Gasteiger partial charge in [0.05, 0.1) is 8.95 Å². The molecule has 0 N–H and O–H groups in total. The van der Waals surface area contributed by atoms with Crippen molar-refractivity contribution >= 4 is 55.6 Å². The largest absolute Gasteiger partial charge is 0.292 e. The summed E-state index contributed by atoms with van der Waals surface area (Å²) in [5.41, 5.74) is 1.32. The highest BCUT2D eigenvalue weighted by molar-refractivity contribution is 14.1. The number of nitrogens with zero attached hydrogens (tertiary/aromatic N) is 1. The molecule has 0 saturated heterocycles. The molecular weight excluding hydrogens is 425 g/mol. The predicted molar refractivity (Wildman–Crippen MR) is 83.9 cm³/mol. The topological polar surface area (TPSA) is 40.9 Å². The smallest absolute Gasteiger partial charge is 0.185 e.